The molecule has 5 nitrogen and oxygen atoms in total. The lowest BCUT2D eigenvalue weighted by atomic mass is 10.1. The molecule has 10 heteroatoms. The van der Waals surface area contributed by atoms with Crippen LogP contribution in [0.3, 0.4) is 0 Å². The van der Waals surface area contributed by atoms with Crippen LogP contribution >= 0.6 is 23.5 Å². The predicted molar refractivity (Wildman–Crippen MR) is 101 cm³/mol. The normalized spacial score (nSPS) is 17.0. The van der Waals surface area contributed by atoms with Gasteiger partial charge in [0.05, 0.1) is 33.8 Å². The van der Waals surface area contributed by atoms with Crippen molar-refractivity contribution in [2.24, 2.45) is 12.0 Å². The van der Waals surface area contributed by atoms with Crippen LogP contribution in [0.4, 0.5) is 13.2 Å². The van der Waals surface area contributed by atoms with Crippen molar-refractivity contribution in [1.29, 1.82) is 5.26 Å². The number of hydrogen-bond acceptors (Lipinski definition) is 6. The van der Waals surface area contributed by atoms with Crippen LogP contribution in [-0.2, 0) is 24.5 Å². The number of nitriles is 1. The molecule has 0 amide bonds. The van der Waals surface area contributed by atoms with E-state index in [1.54, 1.807) is 13.2 Å². The van der Waals surface area contributed by atoms with Crippen LogP contribution in [0.1, 0.15) is 35.1 Å². The van der Waals surface area contributed by atoms with Gasteiger partial charge in [-0.3, -0.25) is 9.79 Å². The largest absolute Gasteiger partial charge is 0.416 e. The SMILES string of the molecule is Cn1ncc2c(c1=O)SC(SCc1ccc(C(F)(F)F)cc1C#N)=NC21CC1. The quantitative estimate of drug-likeness (QED) is 0.730. The number of thioether (sulfide) groups is 2. The van der Waals surface area contributed by atoms with Gasteiger partial charge in [-0.1, -0.05) is 29.6 Å². The average Bonchev–Trinajstić information content (AvgIpc) is 3.42. The molecule has 144 valence electrons. The maximum atomic E-state index is 12.8. The molecule has 0 saturated heterocycles. The highest BCUT2D eigenvalue weighted by molar-refractivity contribution is 8.38. The van der Waals surface area contributed by atoms with E-state index in [0.29, 0.717) is 20.6 Å². The van der Waals surface area contributed by atoms with Crippen LogP contribution in [0.2, 0.25) is 0 Å². The van der Waals surface area contributed by atoms with Crippen LogP contribution in [0.5, 0.6) is 0 Å². The number of fused-ring (bicyclic) bond motifs is 2. The van der Waals surface area contributed by atoms with Crippen LogP contribution in [-0.4, -0.2) is 14.2 Å². The molecule has 1 aromatic carbocycles. The maximum absolute atomic E-state index is 12.8. The summed E-state index contributed by atoms with van der Waals surface area (Å²) in [6, 6.07) is 5.00. The maximum Gasteiger partial charge on any atom is 0.416 e. The summed E-state index contributed by atoms with van der Waals surface area (Å²) >= 11 is 2.58. The number of rotatable bonds is 2. The van der Waals surface area contributed by atoms with E-state index in [0.717, 1.165) is 30.5 Å². The first-order valence-electron chi connectivity index (χ1n) is 8.31. The Morgan fingerprint density at radius 2 is 2.14 bits per heavy atom. The van der Waals surface area contributed by atoms with E-state index >= 15 is 0 Å². The van der Waals surface area contributed by atoms with Gasteiger partial charge in [0.1, 0.15) is 4.38 Å². The summed E-state index contributed by atoms with van der Waals surface area (Å²) in [6.45, 7) is 0. The van der Waals surface area contributed by atoms with Crippen molar-refractivity contribution >= 4 is 27.9 Å². The Balaban J connectivity index is 1.58. The van der Waals surface area contributed by atoms with Crippen molar-refractivity contribution in [1.82, 2.24) is 9.78 Å². The lowest BCUT2D eigenvalue weighted by molar-refractivity contribution is -0.137. The molecule has 0 bridgehead atoms. The molecule has 1 aromatic heterocycles. The van der Waals surface area contributed by atoms with Crippen molar-refractivity contribution in [3.8, 4) is 6.07 Å². The second-order valence-electron chi connectivity index (χ2n) is 6.60. The van der Waals surface area contributed by atoms with Gasteiger partial charge in [-0.15, -0.1) is 0 Å². The second kappa shape index (κ2) is 6.67. The molecule has 2 aromatic rings. The average molecular weight is 422 g/mol. The van der Waals surface area contributed by atoms with E-state index in [1.807, 2.05) is 6.07 Å². The molecule has 2 aliphatic rings. The monoisotopic (exact) mass is 422 g/mol. The smallest absolute Gasteiger partial charge is 0.267 e. The highest BCUT2D eigenvalue weighted by Crippen LogP contribution is 2.55. The van der Waals surface area contributed by atoms with Gasteiger partial charge in [0, 0.05) is 18.4 Å². The zero-order valence-electron chi connectivity index (χ0n) is 14.6. The number of nitrogens with zero attached hydrogens (tertiary/aromatic N) is 4. The standard InChI is InChI=1S/C18H13F3N4OS2/c1-25-15(26)14-13(8-23-25)17(4-5-17)24-16(28-14)27-9-10-2-3-12(18(19,20)21)6-11(10)7-22/h2-3,6,8H,4-5,9H2,1H3. The van der Waals surface area contributed by atoms with Crippen molar-refractivity contribution in [2.45, 2.75) is 35.2 Å². The molecule has 4 rings (SSSR count). The number of hydrogen-bond donors (Lipinski definition) is 0. The Morgan fingerprint density at radius 1 is 1.39 bits per heavy atom. The van der Waals surface area contributed by atoms with E-state index in [-0.39, 0.29) is 11.1 Å². The molecular weight excluding hydrogens is 409 g/mol. The van der Waals surface area contributed by atoms with Crippen molar-refractivity contribution in [2.75, 3.05) is 0 Å². The van der Waals surface area contributed by atoms with Gasteiger partial charge in [-0.05, 0) is 30.5 Å². The summed E-state index contributed by atoms with van der Waals surface area (Å²) in [5.41, 5.74) is -0.0932. The summed E-state index contributed by atoms with van der Waals surface area (Å²) in [4.78, 5) is 17.8. The fourth-order valence-electron chi connectivity index (χ4n) is 2.98. The Morgan fingerprint density at radius 3 is 2.79 bits per heavy atom. The van der Waals surface area contributed by atoms with Crippen LogP contribution < -0.4 is 5.56 Å². The van der Waals surface area contributed by atoms with Gasteiger partial charge < -0.3 is 0 Å². The minimum Gasteiger partial charge on any atom is -0.267 e. The Labute approximate surface area is 166 Å². The Bertz CT molecular complexity index is 1100. The molecule has 0 N–H and O–H groups in total. The van der Waals surface area contributed by atoms with Gasteiger partial charge in [0.15, 0.2) is 0 Å². The Kier molecular flexibility index (Phi) is 4.55. The molecule has 0 unspecified atom stereocenters. The molecule has 28 heavy (non-hydrogen) atoms. The van der Waals surface area contributed by atoms with Crippen molar-refractivity contribution in [3.05, 3.63) is 57.0 Å². The highest BCUT2D eigenvalue weighted by atomic mass is 32.2. The fraction of sp³-hybridized carbons (Fsp3) is 0.333. The summed E-state index contributed by atoms with van der Waals surface area (Å²) in [5.74, 6) is 0.295. The molecule has 0 atom stereocenters. The first-order chi connectivity index (χ1) is 13.2. The Hall–Kier alpha value is -2.25. The summed E-state index contributed by atoms with van der Waals surface area (Å²) in [7, 11) is 1.59. The molecule has 1 saturated carbocycles. The van der Waals surface area contributed by atoms with Gasteiger partial charge in [-0.2, -0.15) is 23.5 Å². The number of alkyl halides is 3. The first kappa shape index (κ1) is 19.1. The van der Waals surface area contributed by atoms with E-state index in [1.165, 1.54) is 34.3 Å². The molecule has 1 fully saturated rings. The van der Waals surface area contributed by atoms with Gasteiger partial charge in [-0.25, -0.2) is 4.68 Å². The van der Waals surface area contributed by atoms with E-state index in [4.69, 9.17) is 4.99 Å². The minimum absolute atomic E-state index is 0.00890. The number of aliphatic imine (C=N–C) groups is 1. The molecule has 1 spiro atoms. The third-order valence-corrected chi connectivity index (χ3v) is 6.98. The molecular formula is C18H13F3N4OS2. The number of aromatic nitrogens is 2. The zero-order valence-corrected chi connectivity index (χ0v) is 16.2. The third kappa shape index (κ3) is 3.33. The first-order valence-corrected chi connectivity index (χ1v) is 10.1. The molecule has 1 aliphatic heterocycles. The summed E-state index contributed by atoms with van der Waals surface area (Å²) in [6.07, 6.45) is -1.13. The number of halogens is 3. The summed E-state index contributed by atoms with van der Waals surface area (Å²) < 4.78 is 40.5. The van der Waals surface area contributed by atoms with E-state index in [2.05, 4.69) is 5.10 Å². The van der Waals surface area contributed by atoms with Crippen LogP contribution in [0, 0.1) is 11.3 Å². The second-order valence-corrected chi connectivity index (χ2v) is 8.82. The molecule has 2 heterocycles. The van der Waals surface area contributed by atoms with Crippen molar-refractivity contribution in [3.63, 3.8) is 0 Å². The predicted octanol–water partition coefficient (Wildman–Crippen LogP) is 4.05. The lowest BCUT2D eigenvalue weighted by Gasteiger charge is -2.22. The van der Waals surface area contributed by atoms with Gasteiger partial charge in [0.25, 0.3) is 5.56 Å². The zero-order chi connectivity index (χ0) is 20.1. The summed E-state index contributed by atoms with van der Waals surface area (Å²) in [5, 5.41) is 13.3. The number of aryl methyl sites for hydroxylation is 1. The molecule has 0 radical (unpaired) electrons. The fourth-order valence-corrected chi connectivity index (χ4v) is 5.38. The highest BCUT2D eigenvalue weighted by Gasteiger charge is 2.49. The number of benzene rings is 1. The van der Waals surface area contributed by atoms with E-state index in [9.17, 15) is 23.2 Å². The lowest BCUT2D eigenvalue weighted by Crippen LogP contribution is -2.27. The van der Waals surface area contributed by atoms with Crippen LogP contribution in [0.15, 0.2) is 39.1 Å². The van der Waals surface area contributed by atoms with Crippen molar-refractivity contribution < 1.29 is 13.2 Å². The third-order valence-electron chi connectivity index (χ3n) is 4.72. The van der Waals surface area contributed by atoms with Crippen LogP contribution in [0.25, 0.3) is 0 Å². The van der Waals surface area contributed by atoms with Gasteiger partial charge >= 0.3 is 6.18 Å². The topological polar surface area (TPSA) is 71.0 Å². The van der Waals surface area contributed by atoms with Gasteiger partial charge in [0.2, 0.25) is 0 Å². The van der Waals surface area contributed by atoms with E-state index < -0.39 is 17.3 Å². The molecule has 1 aliphatic carbocycles. The minimum atomic E-state index is -4.49.